The van der Waals surface area contributed by atoms with Gasteiger partial charge in [0.05, 0.1) is 0 Å². The quantitative estimate of drug-likeness (QED) is 0.622. The van der Waals surface area contributed by atoms with Gasteiger partial charge in [-0.3, -0.25) is 4.79 Å². The van der Waals surface area contributed by atoms with E-state index in [-0.39, 0.29) is 5.91 Å². The standard InChI is InChI=1S/C23H22N2OS/c26-23(24-19-10-12-20(13-11-19)25-16-4-5-17-25)18-8-14-22(15-9-18)27-21-6-2-1-3-7-21/h1-3,6-15H,4-5,16-17H2,(H,24,26). The number of nitrogens with zero attached hydrogens (tertiary/aromatic N) is 1. The Balaban J connectivity index is 1.37. The molecule has 0 bridgehead atoms. The minimum Gasteiger partial charge on any atom is -0.372 e. The van der Waals surface area contributed by atoms with Gasteiger partial charge in [-0.25, -0.2) is 0 Å². The van der Waals surface area contributed by atoms with Gasteiger partial charge in [0.25, 0.3) is 5.91 Å². The molecule has 3 aromatic carbocycles. The summed E-state index contributed by atoms with van der Waals surface area (Å²) in [7, 11) is 0. The smallest absolute Gasteiger partial charge is 0.255 e. The highest BCUT2D eigenvalue weighted by Crippen LogP contribution is 2.27. The number of hydrogen-bond acceptors (Lipinski definition) is 3. The lowest BCUT2D eigenvalue weighted by atomic mass is 10.2. The van der Waals surface area contributed by atoms with E-state index in [0.29, 0.717) is 5.56 Å². The second-order valence-electron chi connectivity index (χ2n) is 6.63. The molecule has 0 spiro atoms. The van der Waals surface area contributed by atoms with Crippen LogP contribution in [0, 0.1) is 0 Å². The Morgan fingerprint density at radius 3 is 2.07 bits per heavy atom. The summed E-state index contributed by atoms with van der Waals surface area (Å²) in [6, 6.07) is 26.1. The van der Waals surface area contributed by atoms with E-state index in [4.69, 9.17) is 0 Å². The number of anilines is 2. The topological polar surface area (TPSA) is 32.3 Å². The highest BCUT2D eigenvalue weighted by molar-refractivity contribution is 7.99. The predicted molar refractivity (Wildman–Crippen MR) is 113 cm³/mol. The molecule has 0 aliphatic carbocycles. The van der Waals surface area contributed by atoms with Crippen LogP contribution in [0.3, 0.4) is 0 Å². The molecule has 1 N–H and O–H groups in total. The molecule has 0 saturated carbocycles. The van der Waals surface area contributed by atoms with Crippen LogP contribution < -0.4 is 10.2 Å². The number of nitrogens with one attached hydrogen (secondary N) is 1. The van der Waals surface area contributed by atoms with Crippen LogP contribution in [0.25, 0.3) is 0 Å². The summed E-state index contributed by atoms with van der Waals surface area (Å²) in [5.41, 5.74) is 2.72. The maximum Gasteiger partial charge on any atom is 0.255 e. The lowest BCUT2D eigenvalue weighted by Gasteiger charge is -2.17. The van der Waals surface area contributed by atoms with E-state index < -0.39 is 0 Å². The molecule has 1 aliphatic heterocycles. The summed E-state index contributed by atoms with van der Waals surface area (Å²) in [6.45, 7) is 2.25. The molecule has 3 aromatic rings. The molecular weight excluding hydrogens is 352 g/mol. The van der Waals surface area contributed by atoms with Gasteiger partial charge in [0.1, 0.15) is 0 Å². The van der Waals surface area contributed by atoms with Gasteiger partial charge in [0, 0.05) is 39.8 Å². The molecule has 1 saturated heterocycles. The van der Waals surface area contributed by atoms with Gasteiger partial charge in [-0.2, -0.15) is 0 Å². The molecule has 0 radical (unpaired) electrons. The molecule has 0 aromatic heterocycles. The third kappa shape index (κ3) is 4.52. The van der Waals surface area contributed by atoms with E-state index >= 15 is 0 Å². The molecule has 4 rings (SSSR count). The van der Waals surface area contributed by atoms with Crippen LogP contribution in [-0.4, -0.2) is 19.0 Å². The fourth-order valence-electron chi connectivity index (χ4n) is 3.23. The van der Waals surface area contributed by atoms with Crippen molar-refractivity contribution in [2.45, 2.75) is 22.6 Å². The SMILES string of the molecule is O=C(Nc1ccc(N2CCCC2)cc1)c1ccc(Sc2ccccc2)cc1. The van der Waals surface area contributed by atoms with Crippen molar-refractivity contribution in [3.63, 3.8) is 0 Å². The number of hydrogen-bond donors (Lipinski definition) is 1. The second kappa shape index (κ2) is 8.31. The third-order valence-electron chi connectivity index (χ3n) is 4.69. The summed E-state index contributed by atoms with van der Waals surface area (Å²) in [4.78, 5) is 17.2. The van der Waals surface area contributed by atoms with Crippen LogP contribution in [0.5, 0.6) is 0 Å². The van der Waals surface area contributed by atoms with E-state index in [1.807, 2.05) is 54.6 Å². The van der Waals surface area contributed by atoms with E-state index in [9.17, 15) is 4.79 Å². The lowest BCUT2D eigenvalue weighted by molar-refractivity contribution is 0.102. The summed E-state index contributed by atoms with van der Waals surface area (Å²) in [5.74, 6) is -0.0832. The average molecular weight is 375 g/mol. The first-order valence-electron chi connectivity index (χ1n) is 9.27. The minimum absolute atomic E-state index is 0.0832. The first kappa shape index (κ1) is 17.7. The van der Waals surface area contributed by atoms with E-state index in [2.05, 4.69) is 34.5 Å². The highest BCUT2D eigenvalue weighted by atomic mass is 32.2. The lowest BCUT2D eigenvalue weighted by Crippen LogP contribution is -2.17. The number of benzene rings is 3. The molecule has 1 heterocycles. The molecule has 0 unspecified atom stereocenters. The fraction of sp³-hybridized carbons (Fsp3) is 0.174. The molecular formula is C23H22N2OS. The molecule has 4 heteroatoms. The number of rotatable bonds is 5. The van der Waals surface area contributed by atoms with Crippen molar-refractivity contribution in [3.8, 4) is 0 Å². The number of carbonyl (C=O) groups excluding carboxylic acids is 1. The van der Waals surface area contributed by atoms with Gasteiger partial charge < -0.3 is 10.2 Å². The van der Waals surface area contributed by atoms with Crippen LogP contribution >= 0.6 is 11.8 Å². The second-order valence-corrected chi connectivity index (χ2v) is 7.78. The van der Waals surface area contributed by atoms with Crippen molar-refractivity contribution in [3.05, 3.63) is 84.4 Å². The molecule has 1 fully saturated rings. The van der Waals surface area contributed by atoms with Crippen molar-refractivity contribution in [2.75, 3.05) is 23.3 Å². The van der Waals surface area contributed by atoms with E-state index in [0.717, 1.165) is 23.7 Å². The number of carbonyl (C=O) groups is 1. The maximum absolute atomic E-state index is 12.5. The molecule has 27 heavy (non-hydrogen) atoms. The van der Waals surface area contributed by atoms with Crippen molar-refractivity contribution < 1.29 is 4.79 Å². The van der Waals surface area contributed by atoms with Crippen LogP contribution in [-0.2, 0) is 0 Å². The normalized spacial score (nSPS) is 13.6. The summed E-state index contributed by atoms with van der Waals surface area (Å²) >= 11 is 1.69. The van der Waals surface area contributed by atoms with E-state index in [1.54, 1.807) is 11.8 Å². The monoisotopic (exact) mass is 374 g/mol. The van der Waals surface area contributed by atoms with Crippen molar-refractivity contribution in [2.24, 2.45) is 0 Å². The van der Waals surface area contributed by atoms with Crippen LogP contribution in [0.4, 0.5) is 11.4 Å². The average Bonchev–Trinajstić information content (AvgIpc) is 3.25. The highest BCUT2D eigenvalue weighted by Gasteiger charge is 2.12. The zero-order valence-electron chi connectivity index (χ0n) is 15.1. The Bertz CT molecular complexity index is 886. The Morgan fingerprint density at radius 1 is 0.778 bits per heavy atom. The zero-order chi connectivity index (χ0) is 18.5. The first-order chi connectivity index (χ1) is 13.3. The first-order valence-corrected chi connectivity index (χ1v) is 10.1. The molecule has 1 amide bonds. The fourth-order valence-corrected chi connectivity index (χ4v) is 4.07. The predicted octanol–water partition coefficient (Wildman–Crippen LogP) is 5.69. The summed E-state index contributed by atoms with van der Waals surface area (Å²) in [6.07, 6.45) is 2.52. The Morgan fingerprint density at radius 2 is 1.41 bits per heavy atom. The van der Waals surface area contributed by atoms with Gasteiger partial charge >= 0.3 is 0 Å². The molecule has 0 atom stereocenters. The molecule has 1 aliphatic rings. The zero-order valence-corrected chi connectivity index (χ0v) is 15.9. The van der Waals surface area contributed by atoms with Crippen molar-refractivity contribution in [1.82, 2.24) is 0 Å². The Labute approximate surface area is 164 Å². The summed E-state index contributed by atoms with van der Waals surface area (Å²) < 4.78 is 0. The van der Waals surface area contributed by atoms with Gasteiger partial charge in [0.2, 0.25) is 0 Å². The number of amides is 1. The van der Waals surface area contributed by atoms with E-state index in [1.165, 1.54) is 23.4 Å². The summed E-state index contributed by atoms with van der Waals surface area (Å²) in [5, 5.41) is 2.98. The van der Waals surface area contributed by atoms with Gasteiger partial charge in [-0.05, 0) is 73.5 Å². The Kier molecular flexibility index (Phi) is 5.45. The Hall–Kier alpha value is -2.72. The third-order valence-corrected chi connectivity index (χ3v) is 5.71. The van der Waals surface area contributed by atoms with Crippen LogP contribution in [0.1, 0.15) is 23.2 Å². The van der Waals surface area contributed by atoms with Gasteiger partial charge in [-0.15, -0.1) is 0 Å². The largest absolute Gasteiger partial charge is 0.372 e. The molecule has 136 valence electrons. The maximum atomic E-state index is 12.5. The minimum atomic E-state index is -0.0832. The van der Waals surface area contributed by atoms with Crippen molar-refractivity contribution in [1.29, 1.82) is 0 Å². The van der Waals surface area contributed by atoms with Crippen molar-refractivity contribution >= 4 is 29.0 Å². The van der Waals surface area contributed by atoms with Gasteiger partial charge in [-0.1, -0.05) is 30.0 Å². The molecule has 3 nitrogen and oxygen atoms in total. The van der Waals surface area contributed by atoms with Gasteiger partial charge in [0.15, 0.2) is 0 Å². The van der Waals surface area contributed by atoms with Crippen LogP contribution in [0.15, 0.2) is 88.7 Å². The van der Waals surface area contributed by atoms with Crippen LogP contribution in [0.2, 0.25) is 0 Å².